The number of fused-ring (bicyclic) bond motifs is 2. The number of aliphatic hydroxyl groups excluding tert-OH is 1. The Morgan fingerprint density at radius 1 is 1.27 bits per heavy atom. The van der Waals surface area contributed by atoms with Gasteiger partial charge in [-0.05, 0) is 17.6 Å². The maximum atomic E-state index is 12.5. The van der Waals surface area contributed by atoms with E-state index in [1.165, 1.54) is 16.7 Å². The third-order valence-corrected chi connectivity index (χ3v) is 6.81. The van der Waals surface area contributed by atoms with E-state index in [2.05, 4.69) is 5.32 Å². The molecule has 3 N–H and O–H groups in total. The van der Waals surface area contributed by atoms with Crippen LogP contribution in [0.25, 0.3) is 0 Å². The van der Waals surface area contributed by atoms with Gasteiger partial charge in [0.2, 0.25) is 5.91 Å². The molecule has 0 spiro atoms. The van der Waals surface area contributed by atoms with Gasteiger partial charge in [0.05, 0.1) is 6.42 Å². The summed E-state index contributed by atoms with van der Waals surface area (Å²) in [5.41, 5.74) is 1.58. The fourth-order valence-corrected chi connectivity index (χ4v) is 5.49. The molecule has 1 saturated carbocycles. The van der Waals surface area contributed by atoms with E-state index in [-0.39, 0.29) is 41.7 Å². The molecule has 2 heterocycles. The SMILES string of the molecule is O=C(Cc1ccccc1)N[C@@H]1C(=O)N2C(C(=O)O)=C3C[C@H](CO)[C@@H]3S[C@H]12. The highest BCUT2D eigenvalue weighted by Gasteiger charge is 2.59. The molecule has 0 radical (unpaired) electrons. The monoisotopic (exact) mass is 374 g/mol. The Kier molecular flexibility index (Phi) is 4.24. The summed E-state index contributed by atoms with van der Waals surface area (Å²) < 4.78 is 0. The van der Waals surface area contributed by atoms with E-state index < -0.39 is 17.4 Å². The van der Waals surface area contributed by atoms with Gasteiger partial charge >= 0.3 is 5.97 Å². The van der Waals surface area contributed by atoms with Crippen molar-refractivity contribution in [1.82, 2.24) is 10.2 Å². The molecule has 2 fully saturated rings. The van der Waals surface area contributed by atoms with Crippen LogP contribution in [0.4, 0.5) is 0 Å². The van der Waals surface area contributed by atoms with Crippen molar-refractivity contribution in [3.05, 3.63) is 47.2 Å². The number of nitrogens with one attached hydrogen (secondary N) is 1. The average molecular weight is 374 g/mol. The number of hydrogen-bond acceptors (Lipinski definition) is 5. The number of carbonyl (C=O) groups excluding carboxylic acids is 2. The smallest absolute Gasteiger partial charge is 0.352 e. The van der Waals surface area contributed by atoms with E-state index in [0.29, 0.717) is 12.0 Å². The Hall–Kier alpha value is -2.32. The van der Waals surface area contributed by atoms with Gasteiger partial charge < -0.3 is 15.5 Å². The molecule has 0 bridgehead atoms. The van der Waals surface area contributed by atoms with Gasteiger partial charge in [-0.25, -0.2) is 4.79 Å². The van der Waals surface area contributed by atoms with Crippen LogP contribution in [0.5, 0.6) is 0 Å². The van der Waals surface area contributed by atoms with Crippen molar-refractivity contribution in [3.8, 4) is 0 Å². The minimum atomic E-state index is -1.13. The Morgan fingerprint density at radius 3 is 2.65 bits per heavy atom. The third-order valence-electron chi connectivity index (χ3n) is 5.09. The van der Waals surface area contributed by atoms with E-state index in [0.717, 1.165) is 5.56 Å². The maximum Gasteiger partial charge on any atom is 0.352 e. The second kappa shape index (κ2) is 6.44. The van der Waals surface area contributed by atoms with Crippen molar-refractivity contribution in [2.24, 2.45) is 5.92 Å². The zero-order valence-corrected chi connectivity index (χ0v) is 14.6. The predicted molar refractivity (Wildman–Crippen MR) is 93.9 cm³/mol. The van der Waals surface area contributed by atoms with Crippen LogP contribution in [-0.2, 0) is 20.8 Å². The molecule has 1 aromatic carbocycles. The molecule has 2 aliphatic heterocycles. The number of aliphatic carboxylic acids is 1. The van der Waals surface area contributed by atoms with Crippen molar-refractivity contribution in [3.63, 3.8) is 0 Å². The van der Waals surface area contributed by atoms with Crippen molar-refractivity contribution in [1.29, 1.82) is 0 Å². The number of carboxylic acid groups (broad SMARTS) is 1. The standard InChI is InChI=1S/C18H18N2O5S/c21-8-10-7-11-14(18(24)25)20-16(23)13(17(20)26-15(10)11)19-12(22)6-9-4-2-1-3-5-9/h1-5,10,13,15,17,21H,6-8H2,(H,19,22)(H,24,25)/t10-,13-,15+,17-/m1/s1. The van der Waals surface area contributed by atoms with E-state index in [9.17, 15) is 24.6 Å². The first-order chi connectivity index (χ1) is 12.5. The van der Waals surface area contributed by atoms with Gasteiger partial charge in [0.25, 0.3) is 5.91 Å². The summed E-state index contributed by atoms with van der Waals surface area (Å²) in [4.78, 5) is 37.7. The highest BCUT2D eigenvalue weighted by Crippen LogP contribution is 2.54. The molecule has 0 unspecified atom stereocenters. The first-order valence-corrected chi connectivity index (χ1v) is 9.34. The Bertz CT molecular complexity index is 809. The van der Waals surface area contributed by atoms with Crippen LogP contribution in [0, 0.1) is 5.92 Å². The molecule has 26 heavy (non-hydrogen) atoms. The fraction of sp³-hybridized carbons (Fsp3) is 0.389. The second-order valence-electron chi connectivity index (χ2n) is 6.69. The summed E-state index contributed by atoms with van der Waals surface area (Å²) in [6, 6.07) is 8.48. The molecule has 7 nitrogen and oxygen atoms in total. The molecule has 1 aromatic rings. The molecule has 1 saturated heterocycles. The number of amides is 2. The molecular weight excluding hydrogens is 356 g/mol. The Labute approximate surface area is 154 Å². The number of carboxylic acids is 1. The molecule has 4 rings (SSSR count). The largest absolute Gasteiger partial charge is 0.477 e. The van der Waals surface area contributed by atoms with Crippen molar-refractivity contribution >= 4 is 29.5 Å². The quantitative estimate of drug-likeness (QED) is 0.642. The molecule has 3 aliphatic rings. The van der Waals surface area contributed by atoms with Crippen LogP contribution >= 0.6 is 11.8 Å². The summed E-state index contributed by atoms with van der Waals surface area (Å²) in [6.07, 6.45) is 0.662. The minimum Gasteiger partial charge on any atom is -0.477 e. The first-order valence-electron chi connectivity index (χ1n) is 8.40. The molecule has 2 amide bonds. The number of β-lactam (4-membered cyclic amide) rings is 1. The molecular formula is C18H18N2O5S. The average Bonchev–Trinajstić information content (AvgIpc) is 2.61. The number of hydrogen-bond donors (Lipinski definition) is 3. The number of benzene rings is 1. The number of aliphatic hydroxyl groups is 1. The number of carbonyl (C=O) groups is 3. The van der Waals surface area contributed by atoms with Crippen molar-refractivity contribution < 1.29 is 24.6 Å². The summed E-state index contributed by atoms with van der Waals surface area (Å²) in [5.74, 6) is -1.79. The Morgan fingerprint density at radius 2 is 2.00 bits per heavy atom. The Balaban J connectivity index is 1.49. The van der Waals surface area contributed by atoms with E-state index >= 15 is 0 Å². The van der Waals surface area contributed by atoms with Gasteiger partial charge in [0, 0.05) is 17.8 Å². The van der Waals surface area contributed by atoms with E-state index in [1.807, 2.05) is 30.3 Å². The maximum absolute atomic E-state index is 12.5. The highest BCUT2D eigenvalue weighted by atomic mass is 32.2. The van der Waals surface area contributed by atoms with E-state index in [1.54, 1.807) is 0 Å². The summed E-state index contributed by atoms with van der Waals surface area (Å²) >= 11 is 1.45. The summed E-state index contributed by atoms with van der Waals surface area (Å²) in [6.45, 7) is -0.0141. The second-order valence-corrected chi connectivity index (χ2v) is 7.95. The number of thioether (sulfide) groups is 1. The highest BCUT2D eigenvalue weighted by molar-refractivity contribution is 8.01. The van der Waals surface area contributed by atoms with Crippen LogP contribution in [0.2, 0.25) is 0 Å². The van der Waals surface area contributed by atoms with Crippen molar-refractivity contribution in [2.75, 3.05) is 6.61 Å². The molecule has 4 atom stereocenters. The lowest BCUT2D eigenvalue weighted by Gasteiger charge is -2.55. The summed E-state index contributed by atoms with van der Waals surface area (Å²) in [7, 11) is 0. The zero-order chi connectivity index (χ0) is 18.4. The first kappa shape index (κ1) is 17.1. The summed E-state index contributed by atoms with van der Waals surface area (Å²) in [5, 5.41) is 21.1. The normalized spacial score (nSPS) is 29.3. The number of rotatable bonds is 5. The predicted octanol–water partition coefficient (Wildman–Crippen LogP) is 0.349. The molecule has 8 heteroatoms. The molecule has 1 aliphatic carbocycles. The van der Waals surface area contributed by atoms with Crippen LogP contribution in [-0.4, -0.2) is 56.2 Å². The van der Waals surface area contributed by atoms with Gasteiger partial charge in [-0.15, -0.1) is 11.8 Å². The van der Waals surface area contributed by atoms with Gasteiger partial charge in [-0.3, -0.25) is 14.5 Å². The van der Waals surface area contributed by atoms with Crippen LogP contribution in [0.1, 0.15) is 12.0 Å². The van der Waals surface area contributed by atoms with E-state index in [4.69, 9.17) is 0 Å². The van der Waals surface area contributed by atoms with Gasteiger partial charge in [0.1, 0.15) is 17.1 Å². The molecule has 136 valence electrons. The van der Waals surface area contributed by atoms with Crippen LogP contribution < -0.4 is 5.32 Å². The van der Waals surface area contributed by atoms with Crippen LogP contribution in [0.3, 0.4) is 0 Å². The van der Waals surface area contributed by atoms with Gasteiger partial charge in [0.15, 0.2) is 0 Å². The molecule has 0 aromatic heterocycles. The number of nitrogens with zero attached hydrogens (tertiary/aromatic N) is 1. The zero-order valence-electron chi connectivity index (χ0n) is 13.8. The topological polar surface area (TPSA) is 107 Å². The fourth-order valence-electron chi connectivity index (χ4n) is 3.74. The van der Waals surface area contributed by atoms with Gasteiger partial charge in [-0.1, -0.05) is 30.3 Å². The lowest BCUT2D eigenvalue weighted by molar-refractivity contribution is -0.151. The van der Waals surface area contributed by atoms with Crippen molar-refractivity contribution in [2.45, 2.75) is 29.5 Å². The minimum absolute atomic E-state index is 0.00266. The lowest BCUT2D eigenvalue weighted by atomic mass is 9.77. The van der Waals surface area contributed by atoms with Gasteiger partial charge in [-0.2, -0.15) is 0 Å². The van der Waals surface area contributed by atoms with Crippen LogP contribution in [0.15, 0.2) is 41.6 Å². The lowest BCUT2D eigenvalue weighted by Crippen LogP contribution is -2.72. The third kappa shape index (κ3) is 2.60.